The van der Waals surface area contributed by atoms with E-state index in [1.165, 1.54) is 12.1 Å². The fraction of sp³-hybridized carbons (Fsp3) is 0.600. The van der Waals surface area contributed by atoms with Gasteiger partial charge in [-0.05, 0) is 44.0 Å². The summed E-state index contributed by atoms with van der Waals surface area (Å²) in [6.07, 6.45) is 1.38. The van der Waals surface area contributed by atoms with Crippen molar-refractivity contribution in [1.82, 2.24) is 14.5 Å². The minimum Gasteiger partial charge on any atom is -0.494 e. The molecule has 2 aliphatic rings. The van der Waals surface area contributed by atoms with Gasteiger partial charge in [-0.3, -0.25) is 9.59 Å². The molecule has 2 saturated heterocycles. The van der Waals surface area contributed by atoms with Crippen molar-refractivity contribution in [2.75, 3.05) is 45.9 Å². The highest BCUT2D eigenvalue weighted by Gasteiger charge is 2.31. The molecule has 1 atom stereocenters. The second-order valence-corrected chi connectivity index (χ2v) is 9.03. The molecular weight excluding hydrogens is 410 g/mol. The van der Waals surface area contributed by atoms with Crippen molar-refractivity contribution in [2.45, 2.75) is 37.2 Å². The average molecular weight is 440 g/mol. The lowest BCUT2D eigenvalue weighted by molar-refractivity contribution is -0.145. The highest BCUT2D eigenvalue weighted by atomic mass is 32.2. The van der Waals surface area contributed by atoms with Gasteiger partial charge in [0.15, 0.2) is 0 Å². The highest BCUT2D eigenvalue weighted by Crippen LogP contribution is 2.17. The average Bonchev–Trinajstić information content (AvgIpc) is 3.29. The quantitative estimate of drug-likeness (QED) is 0.636. The number of carbonyl (C=O) groups is 2. The Labute approximate surface area is 177 Å². The predicted molar refractivity (Wildman–Crippen MR) is 110 cm³/mol. The standard InChI is InChI=1S/C20H29N3O6S/c1-2-28-16-5-7-17(8-6-16)30(26,27)21-10-9-19(24)22-11-13-23(14-12-22)20(25)18-4-3-15-29-18/h5-8,18,21H,2-4,9-15H2,1H3. The maximum Gasteiger partial charge on any atom is 0.251 e. The van der Waals surface area contributed by atoms with Gasteiger partial charge in [0.05, 0.1) is 11.5 Å². The van der Waals surface area contributed by atoms with Crippen molar-refractivity contribution in [2.24, 2.45) is 0 Å². The fourth-order valence-electron chi connectivity index (χ4n) is 3.57. The van der Waals surface area contributed by atoms with Crippen LogP contribution in [0.3, 0.4) is 0 Å². The first-order valence-corrected chi connectivity index (χ1v) is 11.8. The van der Waals surface area contributed by atoms with Gasteiger partial charge in [-0.25, -0.2) is 13.1 Å². The summed E-state index contributed by atoms with van der Waals surface area (Å²) in [6, 6.07) is 6.14. The molecule has 0 aromatic heterocycles. The van der Waals surface area contributed by atoms with E-state index in [0.29, 0.717) is 45.1 Å². The normalized spacial score (nSPS) is 19.7. The zero-order chi connectivity index (χ0) is 21.6. The van der Waals surface area contributed by atoms with E-state index in [9.17, 15) is 18.0 Å². The van der Waals surface area contributed by atoms with Crippen molar-refractivity contribution in [3.8, 4) is 5.75 Å². The summed E-state index contributed by atoms with van der Waals surface area (Å²) in [6.45, 7) is 4.84. The number of hydrogen-bond donors (Lipinski definition) is 1. The van der Waals surface area contributed by atoms with E-state index in [2.05, 4.69) is 4.72 Å². The summed E-state index contributed by atoms with van der Waals surface area (Å²) in [4.78, 5) is 28.3. The highest BCUT2D eigenvalue weighted by molar-refractivity contribution is 7.89. The molecule has 1 aromatic rings. The third kappa shape index (κ3) is 5.71. The lowest BCUT2D eigenvalue weighted by Gasteiger charge is -2.35. The first-order chi connectivity index (χ1) is 14.4. The minimum atomic E-state index is -3.69. The van der Waals surface area contributed by atoms with E-state index in [-0.39, 0.29) is 35.8 Å². The lowest BCUT2D eigenvalue weighted by atomic mass is 10.2. The monoisotopic (exact) mass is 439 g/mol. The summed E-state index contributed by atoms with van der Waals surface area (Å²) in [5.41, 5.74) is 0. The Kier molecular flexibility index (Phi) is 7.68. The fourth-order valence-corrected chi connectivity index (χ4v) is 4.60. The van der Waals surface area contributed by atoms with E-state index in [1.807, 2.05) is 6.92 Å². The molecule has 166 valence electrons. The van der Waals surface area contributed by atoms with E-state index in [1.54, 1.807) is 21.9 Å². The number of rotatable bonds is 8. The molecule has 0 bridgehead atoms. The van der Waals surface area contributed by atoms with E-state index < -0.39 is 10.0 Å². The molecule has 10 heteroatoms. The van der Waals surface area contributed by atoms with Crippen molar-refractivity contribution < 1.29 is 27.5 Å². The maximum atomic E-state index is 12.4. The Morgan fingerprint density at radius 1 is 1.13 bits per heavy atom. The van der Waals surface area contributed by atoms with Crippen molar-refractivity contribution in [3.05, 3.63) is 24.3 Å². The molecular formula is C20H29N3O6S. The topological polar surface area (TPSA) is 105 Å². The summed E-state index contributed by atoms with van der Waals surface area (Å²) in [5.74, 6) is 0.472. The number of nitrogens with zero attached hydrogens (tertiary/aromatic N) is 2. The zero-order valence-electron chi connectivity index (χ0n) is 17.2. The first-order valence-electron chi connectivity index (χ1n) is 10.3. The largest absolute Gasteiger partial charge is 0.494 e. The molecule has 1 aromatic carbocycles. The van der Waals surface area contributed by atoms with Crippen LogP contribution >= 0.6 is 0 Å². The smallest absolute Gasteiger partial charge is 0.251 e. The summed E-state index contributed by atoms with van der Waals surface area (Å²) >= 11 is 0. The summed E-state index contributed by atoms with van der Waals surface area (Å²) < 4.78 is 37.9. The second-order valence-electron chi connectivity index (χ2n) is 7.26. The molecule has 1 unspecified atom stereocenters. The molecule has 0 saturated carbocycles. The van der Waals surface area contributed by atoms with E-state index in [0.717, 1.165) is 12.8 Å². The Hall–Kier alpha value is -2.17. The van der Waals surface area contributed by atoms with Crippen LogP contribution in [0.25, 0.3) is 0 Å². The van der Waals surface area contributed by atoms with Crippen LogP contribution in [-0.2, 0) is 24.3 Å². The lowest BCUT2D eigenvalue weighted by Crippen LogP contribution is -2.53. The van der Waals surface area contributed by atoms with Crippen molar-refractivity contribution in [3.63, 3.8) is 0 Å². The molecule has 1 N–H and O–H groups in total. The Balaban J connectivity index is 1.41. The van der Waals surface area contributed by atoms with Crippen molar-refractivity contribution in [1.29, 1.82) is 0 Å². The maximum absolute atomic E-state index is 12.4. The van der Waals surface area contributed by atoms with Crippen LogP contribution in [0.4, 0.5) is 0 Å². The number of sulfonamides is 1. The molecule has 2 aliphatic heterocycles. The van der Waals surface area contributed by atoms with Crippen LogP contribution in [0.15, 0.2) is 29.2 Å². The third-order valence-corrected chi connectivity index (χ3v) is 6.70. The Morgan fingerprint density at radius 2 is 1.80 bits per heavy atom. The second kappa shape index (κ2) is 10.2. The number of hydrogen-bond acceptors (Lipinski definition) is 6. The van der Waals surface area contributed by atoms with Gasteiger partial charge < -0.3 is 19.3 Å². The van der Waals surface area contributed by atoms with Gasteiger partial charge in [-0.1, -0.05) is 0 Å². The minimum absolute atomic E-state index is 0.00251. The van der Waals surface area contributed by atoms with Crippen LogP contribution in [0.1, 0.15) is 26.2 Å². The first kappa shape index (κ1) is 22.5. The van der Waals surface area contributed by atoms with Crippen LogP contribution in [0, 0.1) is 0 Å². The molecule has 0 spiro atoms. The molecule has 0 aliphatic carbocycles. The number of amides is 2. The van der Waals surface area contributed by atoms with Gasteiger partial charge in [0, 0.05) is 45.8 Å². The molecule has 9 nitrogen and oxygen atoms in total. The van der Waals surface area contributed by atoms with E-state index >= 15 is 0 Å². The molecule has 2 fully saturated rings. The van der Waals surface area contributed by atoms with Gasteiger partial charge in [-0.15, -0.1) is 0 Å². The number of ether oxygens (including phenoxy) is 2. The van der Waals surface area contributed by atoms with Gasteiger partial charge >= 0.3 is 0 Å². The molecule has 2 amide bonds. The molecule has 30 heavy (non-hydrogen) atoms. The number of carbonyl (C=O) groups excluding carboxylic acids is 2. The molecule has 3 rings (SSSR count). The van der Waals surface area contributed by atoms with E-state index in [4.69, 9.17) is 9.47 Å². The van der Waals surface area contributed by atoms with Crippen LogP contribution in [-0.4, -0.2) is 82.1 Å². The van der Waals surface area contributed by atoms with Crippen LogP contribution in [0.2, 0.25) is 0 Å². The SMILES string of the molecule is CCOc1ccc(S(=O)(=O)NCCC(=O)N2CCN(C(=O)C3CCCO3)CC2)cc1. The van der Waals surface area contributed by atoms with Gasteiger partial charge in [0.2, 0.25) is 15.9 Å². The summed E-state index contributed by atoms with van der Waals surface area (Å²) in [5, 5.41) is 0. The number of benzene rings is 1. The Morgan fingerprint density at radius 3 is 2.40 bits per heavy atom. The van der Waals surface area contributed by atoms with Crippen molar-refractivity contribution >= 4 is 21.8 Å². The third-order valence-electron chi connectivity index (χ3n) is 5.23. The van der Waals surface area contributed by atoms with Crippen LogP contribution < -0.4 is 9.46 Å². The molecule has 0 radical (unpaired) electrons. The summed E-state index contributed by atoms with van der Waals surface area (Å²) in [7, 11) is -3.69. The predicted octanol–water partition coefficient (Wildman–Crippen LogP) is 0.604. The number of nitrogens with one attached hydrogen (secondary N) is 1. The number of piperazine rings is 1. The van der Waals surface area contributed by atoms with Crippen LogP contribution in [0.5, 0.6) is 5.75 Å². The zero-order valence-corrected chi connectivity index (χ0v) is 18.0. The van der Waals surface area contributed by atoms with Gasteiger partial charge in [0.1, 0.15) is 11.9 Å². The molecule has 2 heterocycles. The Bertz CT molecular complexity index is 829. The van der Waals surface area contributed by atoms with Gasteiger partial charge in [0.25, 0.3) is 5.91 Å². The van der Waals surface area contributed by atoms with Gasteiger partial charge in [-0.2, -0.15) is 0 Å².